The molecule has 3 rings (SSSR count). The van der Waals surface area contributed by atoms with Crippen molar-refractivity contribution in [3.05, 3.63) is 24.3 Å². The number of hydrogen-bond acceptors (Lipinski definition) is 4. The molecule has 2 amide bonds. The summed E-state index contributed by atoms with van der Waals surface area (Å²) < 4.78 is 5.26. The summed E-state index contributed by atoms with van der Waals surface area (Å²) in [6, 6.07) is 7.37. The molecule has 2 heterocycles. The highest BCUT2D eigenvalue weighted by molar-refractivity contribution is 5.94. The maximum absolute atomic E-state index is 12.5. The summed E-state index contributed by atoms with van der Waals surface area (Å²) in [5.74, 6) is 0.794. The number of hydrogen-bond donors (Lipinski definition) is 2. The zero-order valence-electron chi connectivity index (χ0n) is 14.1. The molecule has 2 fully saturated rings. The maximum atomic E-state index is 12.5. The molecule has 1 aromatic rings. The van der Waals surface area contributed by atoms with Crippen LogP contribution in [0.3, 0.4) is 0 Å². The van der Waals surface area contributed by atoms with Gasteiger partial charge in [-0.25, -0.2) is 0 Å². The minimum Gasteiger partial charge on any atom is -0.495 e. The monoisotopic (exact) mass is 331 g/mol. The van der Waals surface area contributed by atoms with Gasteiger partial charge in [0.05, 0.1) is 18.8 Å². The highest BCUT2D eigenvalue weighted by Crippen LogP contribution is 2.26. The second-order valence-electron chi connectivity index (χ2n) is 6.44. The van der Waals surface area contributed by atoms with Crippen LogP contribution in [0.15, 0.2) is 24.3 Å². The summed E-state index contributed by atoms with van der Waals surface area (Å²) in [6.45, 7) is 2.23. The molecule has 6 heteroatoms. The molecule has 24 heavy (non-hydrogen) atoms. The van der Waals surface area contributed by atoms with E-state index in [1.54, 1.807) is 7.11 Å². The normalized spacial score (nSPS) is 21.5. The Balaban J connectivity index is 1.52. The number of piperidine rings is 1. The van der Waals surface area contributed by atoms with Crippen LogP contribution in [0.25, 0.3) is 0 Å². The first kappa shape index (κ1) is 16.8. The molecule has 0 aromatic heterocycles. The second-order valence-corrected chi connectivity index (χ2v) is 6.44. The summed E-state index contributed by atoms with van der Waals surface area (Å²) in [6.07, 6.45) is 3.40. The molecule has 1 aromatic carbocycles. The molecule has 1 unspecified atom stereocenters. The van der Waals surface area contributed by atoms with Gasteiger partial charge in [0.25, 0.3) is 0 Å². The van der Waals surface area contributed by atoms with Crippen molar-refractivity contribution in [2.75, 3.05) is 32.1 Å². The van der Waals surface area contributed by atoms with Crippen molar-refractivity contribution in [2.24, 2.45) is 5.92 Å². The number of methoxy groups -OCH3 is 1. The number of ether oxygens (including phenoxy) is 1. The van der Waals surface area contributed by atoms with E-state index in [4.69, 9.17) is 4.74 Å². The van der Waals surface area contributed by atoms with Crippen LogP contribution in [-0.4, -0.2) is 49.5 Å². The first-order valence-electron chi connectivity index (χ1n) is 8.65. The first-order valence-corrected chi connectivity index (χ1v) is 8.65. The van der Waals surface area contributed by atoms with Crippen LogP contribution in [0, 0.1) is 5.92 Å². The number of para-hydroxylation sites is 2. The highest BCUT2D eigenvalue weighted by atomic mass is 16.5. The molecule has 0 saturated carbocycles. The van der Waals surface area contributed by atoms with Gasteiger partial charge in [0.15, 0.2) is 0 Å². The van der Waals surface area contributed by atoms with E-state index in [1.807, 2.05) is 29.2 Å². The average Bonchev–Trinajstić information content (AvgIpc) is 3.16. The maximum Gasteiger partial charge on any atom is 0.239 e. The van der Waals surface area contributed by atoms with Crippen molar-refractivity contribution in [1.82, 2.24) is 10.2 Å². The Labute approximate surface area is 142 Å². The molecule has 2 aliphatic heterocycles. The van der Waals surface area contributed by atoms with Crippen LogP contribution in [-0.2, 0) is 9.59 Å². The van der Waals surface area contributed by atoms with E-state index in [1.165, 1.54) is 0 Å². The van der Waals surface area contributed by atoms with Crippen molar-refractivity contribution in [2.45, 2.75) is 31.7 Å². The van der Waals surface area contributed by atoms with Gasteiger partial charge in [-0.2, -0.15) is 0 Å². The van der Waals surface area contributed by atoms with Crippen molar-refractivity contribution in [3.63, 3.8) is 0 Å². The summed E-state index contributed by atoms with van der Waals surface area (Å²) in [5, 5.41) is 6.20. The van der Waals surface area contributed by atoms with Crippen LogP contribution in [0.2, 0.25) is 0 Å². The minimum absolute atomic E-state index is 0.00518. The van der Waals surface area contributed by atoms with Crippen LogP contribution in [0.5, 0.6) is 5.75 Å². The zero-order valence-corrected chi connectivity index (χ0v) is 14.1. The van der Waals surface area contributed by atoms with E-state index in [0.717, 1.165) is 19.4 Å². The highest BCUT2D eigenvalue weighted by Gasteiger charge is 2.32. The van der Waals surface area contributed by atoms with Crippen LogP contribution < -0.4 is 15.4 Å². The number of nitrogens with zero attached hydrogens (tertiary/aromatic N) is 1. The lowest BCUT2D eigenvalue weighted by atomic mass is 9.95. The Morgan fingerprint density at radius 2 is 1.96 bits per heavy atom. The predicted octanol–water partition coefficient (Wildman–Crippen LogP) is 1.62. The summed E-state index contributed by atoms with van der Waals surface area (Å²) in [5.41, 5.74) is 0.693. The molecular weight excluding hydrogens is 306 g/mol. The molecule has 0 aliphatic carbocycles. The van der Waals surface area contributed by atoms with Crippen molar-refractivity contribution in [3.8, 4) is 5.75 Å². The smallest absolute Gasteiger partial charge is 0.239 e. The van der Waals surface area contributed by atoms with E-state index in [2.05, 4.69) is 10.6 Å². The van der Waals surface area contributed by atoms with Gasteiger partial charge in [0, 0.05) is 19.0 Å². The van der Waals surface area contributed by atoms with Gasteiger partial charge in [-0.15, -0.1) is 0 Å². The summed E-state index contributed by atoms with van der Waals surface area (Å²) in [7, 11) is 1.59. The van der Waals surface area contributed by atoms with Crippen LogP contribution >= 0.6 is 0 Å². The number of carbonyl (C=O) groups is 2. The van der Waals surface area contributed by atoms with Gasteiger partial charge < -0.3 is 20.3 Å². The third kappa shape index (κ3) is 3.70. The molecule has 2 aliphatic rings. The van der Waals surface area contributed by atoms with Crippen molar-refractivity contribution in [1.29, 1.82) is 0 Å². The van der Waals surface area contributed by atoms with Crippen molar-refractivity contribution < 1.29 is 14.3 Å². The lowest BCUT2D eigenvalue weighted by molar-refractivity contribution is -0.136. The number of carbonyl (C=O) groups excluding carboxylic acids is 2. The van der Waals surface area contributed by atoms with Gasteiger partial charge in [-0.05, 0) is 44.4 Å². The minimum atomic E-state index is -0.0597. The number of likely N-dealkylation sites (tertiary alicyclic amines) is 1. The SMILES string of the molecule is COc1ccccc1NC(=O)C1CCN(C(=O)C2CCCN2)CC1. The lowest BCUT2D eigenvalue weighted by Gasteiger charge is -2.33. The standard InChI is InChI=1S/C18H25N3O3/c1-24-16-7-3-2-5-14(16)20-17(22)13-8-11-21(12-9-13)18(23)15-6-4-10-19-15/h2-3,5,7,13,15,19H,4,6,8-12H2,1H3,(H,20,22). The van der Waals surface area contributed by atoms with Gasteiger partial charge in [-0.1, -0.05) is 12.1 Å². The molecule has 0 radical (unpaired) electrons. The Kier molecular flexibility index (Phi) is 5.35. The molecule has 2 N–H and O–H groups in total. The van der Waals surface area contributed by atoms with E-state index in [9.17, 15) is 9.59 Å². The third-order valence-corrected chi connectivity index (χ3v) is 4.90. The Bertz CT molecular complexity index is 591. The number of nitrogens with one attached hydrogen (secondary N) is 2. The Morgan fingerprint density at radius 1 is 1.21 bits per heavy atom. The van der Waals surface area contributed by atoms with E-state index < -0.39 is 0 Å². The number of benzene rings is 1. The molecule has 0 bridgehead atoms. The predicted molar refractivity (Wildman–Crippen MR) is 92.0 cm³/mol. The lowest BCUT2D eigenvalue weighted by Crippen LogP contribution is -2.48. The number of amides is 2. The number of anilines is 1. The van der Waals surface area contributed by atoms with E-state index >= 15 is 0 Å². The van der Waals surface area contributed by atoms with Gasteiger partial charge in [-0.3, -0.25) is 9.59 Å². The topological polar surface area (TPSA) is 70.7 Å². The molecule has 130 valence electrons. The van der Waals surface area contributed by atoms with Gasteiger partial charge in [0.2, 0.25) is 11.8 Å². The molecule has 1 atom stereocenters. The second kappa shape index (κ2) is 7.66. The fourth-order valence-electron chi connectivity index (χ4n) is 3.46. The van der Waals surface area contributed by atoms with Gasteiger partial charge in [0.1, 0.15) is 5.75 Å². The zero-order chi connectivity index (χ0) is 16.9. The van der Waals surface area contributed by atoms with E-state index in [0.29, 0.717) is 37.4 Å². The summed E-state index contributed by atoms with van der Waals surface area (Å²) in [4.78, 5) is 26.8. The summed E-state index contributed by atoms with van der Waals surface area (Å²) >= 11 is 0. The third-order valence-electron chi connectivity index (χ3n) is 4.90. The average molecular weight is 331 g/mol. The van der Waals surface area contributed by atoms with E-state index in [-0.39, 0.29) is 23.8 Å². The van der Waals surface area contributed by atoms with Crippen LogP contribution in [0.4, 0.5) is 5.69 Å². The molecule has 2 saturated heterocycles. The fourth-order valence-corrected chi connectivity index (χ4v) is 3.46. The molecule has 0 spiro atoms. The molecule has 6 nitrogen and oxygen atoms in total. The Hall–Kier alpha value is -2.08. The Morgan fingerprint density at radius 3 is 2.62 bits per heavy atom. The first-order chi connectivity index (χ1) is 11.7. The molecular formula is C18H25N3O3. The number of rotatable bonds is 4. The quantitative estimate of drug-likeness (QED) is 0.880. The van der Waals surface area contributed by atoms with Crippen LogP contribution in [0.1, 0.15) is 25.7 Å². The van der Waals surface area contributed by atoms with Gasteiger partial charge >= 0.3 is 0 Å². The largest absolute Gasteiger partial charge is 0.495 e. The van der Waals surface area contributed by atoms with Crippen molar-refractivity contribution >= 4 is 17.5 Å². The fraction of sp³-hybridized carbons (Fsp3) is 0.556.